The molecule has 0 saturated carbocycles. The highest BCUT2D eigenvalue weighted by Gasteiger charge is 2.13. The Hall–Kier alpha value is -1.03. The van der Waals surface area contributed by atoms with Crippen LogP contribution in [0.3, 0.4) is 0 Å². The van der Waals surface area contributed by atoms with E-state index in [2.05, 4.69) is 6.92 Å². The molecule has 0 bridgehead atoms. The van der Waals surface area contributed by atoms with Gasteiger partial charge in [-0.3, -0.25) is 0 Å². The van der Waals surface area contributed by atoms with Gasteiger partial charge in [0.15, 0.2) is 11.5 Å². The van der Waals surface area contributed by atoms with Crippen LogP contribution >= 0.6 is 12.2 Å². The van der Waals surface area contributed by atoms with Crippen molar-refractivity contribution < 1.29 is 14.3 Å². The molecule has 0 radical (unpaired) electrons. The van der Waals surface area contributed by atoms with Gasteiger partial charge in [0.2, 0.25) is 0 Å². The number of unbranched alkanes of at least 4 members (excludes halogenated alkanes) is 2. The summed E-state index contributed by atoms with van der Waals surface area (Å²) in [5.74, 6) is 1.69. The molecule has 1 rings (SSSR count). The Morgan fingerprint density at radius 3 is 2.62 bits per heavy atom. The topological polar surface area (TPSA) is 42.6 Å². The molecule has 0 aromatic carbocycles. The van der Waals surface area contributed by atoms with E-state index in [1.807, 2.05) is 0 Å². The zero-order valence-electron chi connectivity index (χ0n) is 10.0. The maximum absolute atomic E-state index is 9.86. The van der Waals surface area contributed by atoms with Crippen LogP contribution in [0.5, 0.6) is 11.5 Å². The van der Waals surface area contributed by atoms with E-state index in [1.54, 1.807) is 6.92 Å². The van der Waals surface area contributed by atoms with Crippen molar-refractivity contribution in [3.8, 4) is 11.5 Å². The van der Waals surface area contributed by atoms with E-state index < -0.39 is 0 Å². The predicted molar refractivity (Wildman–Crippen MR) is 65.7 cm³/mol. The highest BCUT2D eigenvalue weighted by atomic mass is 32.1. The predicted octanol–water partition coefficient (Wildman–Crippen LogP) is 3.76. The lowest BCUT2D eigenvalue weighted by Gasteiger charge is -2.09. The van der Waals surface area contributed by atoms with Crippen molar-refractivity contribution in [2.75, 3.05) is 7.11 Å². The lowest BCUT2D eigenvalue weighted by atomic mass is 10.1. The highest BCUT2D eigenvalue weighted by molar-refractivity contribution is 7.71. The Labute approximate surface area is 101 Å². The quantitative estimate of drug-likeness (QED) is 0.630. The van der Waals surface area contributed by atoms with Crippen LogP contribution in [-0.4, -0.2) is 12.2 Å². The van der Waals surface area contributed by atoms with Crippen molar-refractivity contribution in [2.45, 2.75) is 39.5 Å². The molecule has 0 saturated heterocycles. The van der Waals surface area contributed by atoms with E-state index in [1.165, 1.54) is 7.11 Å². The van der Waals surface area contributed by atoms with Gasteiger partial charge in [-0.25, -0.2) is 0 Å². The van der Waals surface area contributed by atoms with Crippen molar-refractivity contribution in [1.29, 1.82) is 0 Å². The molecule has 90 valence electrons. The smallest absolute Gasteiger partial charge is 0.178 e. The number of methoxy groups -OCH3 is 1. The van der Waals surface area contributed by atoms with Gasteiger partial charge in [-0.1, -0.05) is 32.0 Å². The molecule has 0 fully saturated rings. The number of ether oxygens (including phenoxy) is 1. The largest absolute Gasteiger partial charge is 0.503 e. The van der Waals surface area contributed by atoms with E-state index in [-0.39, 0.29) is 5.75 Å². The molecule has 1 heterocycles. The number of aromatic hydroxyl groups is 1. The Morgan fingerprint density at radius 1 is 1.38 bits per heavy atom. The Kier molecular flexibility index (Phi) is 4.80. The molecule has 4 heteroatoms. The molecule has 1 aromatic heterocycles. The first kappa shape index (κ1) is 13.0. The fourth-order valence-corrected chi connectivity index (χ4v) is 1.96. The van der Waals surface area contributed by atoms with Crippen LogP contribution in [0.25, 0.3) is 0 Å². The van der Waals surface area contributed by atoms with Gasteiger partial charge in [-0.05, 0) is 13.3 Å². The van der Waals surface area contributed by atoms with Crippen molar-refractivity contribution >= 4 is 12.2 Å². The number of rotatable bonds is 5. The van der Waals surface area contributed by atoms with Gasteiger partial charge in [0.05, 0.1) is 7.11 Å². The average Bonchev–Trinajstić information content (AvgIpc) is 2.26. The zero-order valence-corrected chi connectivity index (χ0v) is 10.8. The molecular formula is C12H18O3S. The van der Waals surface area contributed by atoms with Crippen molar-refractivity contribution in [1.82, 2.24) is 0 Å². The third-order valence-electron chi connectivity index (χ3n) is 2.49. The van der Waals surface area contributed by atoms with Crippen LogP contribution in [-0.2, 0) is 6.42 Å². The molecule has 0 aliphatic heterocycles. The number of hydrogen-bond donors (Lipinski definition) is 1. The standard InChI is InChI=1S/C12H18O3S/c1-4-5-6-7-9-10(13)12(16)11(14-3)8(2)15-9/h13H,4-7H2,1-3H3. The molecule has 3 nitrogen and oxygen atoms in total. The van der Waals surface area contributed by atoms with E-state index in [0.717, 1.165) is 19.3 Å². The summed E-state index contributed by atoms with van der Waals surface area (Å²) >= 11 is 5.11. The molecule has 0 aliphatic rings. The van der Waals surface area contributed by atoms with Gasteiger partial charge >= 0.3 is 0 Å². The molecule has 0 spiro atoms. The third kappa shape index (κ3) is 2.76. The third-order valence-corrected chi connectivity index (χ3v) is 2.87. The molecule has 0 atom stereocenters. The lowest BCUT2D eigenvalue weighted by molar-refractivity contribution is 0.340. The van der Waals surface area contributed by atoms with Gasteiger partial charge in [-0.15, -0.1) is 0 Å². The van der Waals surface area contributed by atoms with Crippen LogP contribution in [0.2, 0.25) is 0 Å². The fourth-order valence-electron chi connectivity index (χ4n) is 1.61. The maximum Gasteiger partial charge on any atom is 0.178 e. The second-order valence-electron chi connectivity index (χ2n) is 3.75. The van der Waals surface area contributed by atoms with Crippen molar-refractivity contribution in [3.05, 3.63) is 16.0 Å². The van der Waals surface area contributed by atoms with Gasteiger partial charge in [0.1, 0.15) is 16.0 Å². The van der Waals surface area contributed by atoms with E-state index in [0.29, 0.717) is 28.2 Å². The first-order chi connectivity index (χ1) is 7.61. The summed E-state index contributed by atoms with van der Waals surface area (Å²) in [7, 11) is 1.52. The first-order valence-corrected chi connectivity index (χ1v) is 5.92. The SMILES string of the molecule is CCCCCc1oc(C)c(OC)c(=S)c1O. The second-order valence-corrected chi connectivity index (χ2v) is 4.16. The lowest BCUT2D eigenvalue weighted by Crippen LogP contribution is -1.94. The van der Waals surface area contributed by atoms with Gasteiger partial charge < -0.3 is 14.3 Å². The van der Waals surface area contributed by atoms with E-state index in [4.69, 9.17) is 21.4 Å². The molecule has 16 heavy (non-hydrogen) atoms. The molecule has 1 N–H and O–H groups in total. The summed E-state index contributed by atoms with van der Waals surface area (Å²) in [5, 5.41) is 9.86. The van der Waals surface area contributed by atoms with Gasteiger partial charge in [-0.2, -0.15) is 0 Å². The summed E-state index contributed by atoms with van der Waals surface area (Å²) < 4.78 is 10.9. The van der Waals surface area contributed by atoms with Crippen LogP contribution in [0.4, 0.5) is 0 Å². The Morgan fingerprint density at radius 2 is 2.06 bits per heavy atom. The minimum Gasteiger partial charge on any atom is -0.503 e. The minimum atomic E-state index is 0.0496. The zero-order chi connectivity index (χ0) is 12.1. The number of aryl methyl sites for hydroxylation is 2. The van der Waals surface area contributed by atoms with E-state index in [9.17, 15) is 5.11 Å². The molecule has 0 unspecified atom stereocenters. The second kappa shape index (κ2) is 5.89. The first-order valence-electron chi connectivity index (χ1n) is 5.51. The molecule has 1 aromatic rings. The van der Waals surface area contributed by atoms with Gasteiger partial charge in [0, 0.05) is 6.42 Å². The summed E-state index contributed by atoms with van der Waals surface area (Å²) in [5.41, 5.74) is 0. The van der Waals surface area contributed by atoms with Crippen LogP contribution in [0.1, 0.15) is 37.7 Å². The normalized spacial score (nSPS) is 10.4. The van der Waals surface area contributed by atoms with Crippen LogP contribution < -0.4 is 4.74 Å². The van der Waals surface area contributed by atoms with Crippen LogP contribution in [0, 0.1) is 11.4 Å². The summed E-state index contributed by atoms with van der Waals surface area (Å²) in [6.07, 6.45) is 3.96. The van der Waals surface area contributed by atoms with Gasteiger partial charge in [0.25, 0.3) is 0 Å². The Bertz CT molecular complexity index is 409. The monoisotopic (exact) mass is 242 g/mol. The van der Waals surface area contributed by atoms with Crippen molar-refractivity contribution in [3.63, 3.8) is 0 Å². The fraction of sp³-hybridized carbons (Fsp3) is 0.583. The number of hydrogen-bond acceptors (Lipinski definition) is 4. The average molecular weight is 242 g/mol. The highest BCUT2D eigenvalue weighted by Crippen LogP contribution is 2.31. The van der Waals surface area contributed by atoms with E-state index >= 15 is 0 Å². The summed E-state index contributed by atoms with van der Waals surface area (Å²) in [6.45, 7) is 3.92. The minimum absolute atomic E-state index is 0.0496. The molecule has 0 aliphatic carbocycles. The molecule has 0 amide bonds. The Balaban J connectivity index is 2.99. The van der Waals surface area contributed by atoms with Crippen LogP contribution in [0.15, 0.2) is 4.42 Å². The summed E-state index contributed by atoms with van der Waals surface area (Å²) in [4.78, 5) is 0. The molecular weight excluding hydrogens is 224 g/mol. The maximum atomic E-state index is 9.86. The summed E-state index contributed by atoms with van der Waals surface area (Å²) in [6, 6.07) is 0. The van der Waals surface area contributed by atoms with Crippen molar-refractivity contribution in [2.24, 2.45) is 0 Å².